The highest BCUT2D eigenvalue weighted by atomic mass is 19.1. The molecule has 1 fully saturated rings. The minimum atomic E-state index is -0.595. The van der Waals surface area contributed by atoms with Gasteiger partial charge in [0.2, 0.25) is 0 Å². The van der Waals surface area contributed by atoms with Crippen LogP contribution in [0.25, 0.3) is 0 Å². The van der Waals surface area contributed by atoms with E-state index in [9.17, 15) is 14.5 Å². The first-order valence-corrected chi connectivity index (χ1v) is 6.02. The number of nitrogens with zero attached hydrogens (tertiary/aromatic N) is 1. The van der Waals surface area contributed by atoms with Gasteiger partial charge in [-0.05, 0) is 38.4 Å². The number of benzene rings is 1. The predicted octanol–water partition coefficient (Wildman–Crippen LogP) is 2.29. The molecule has 1 heterocycles. The van der Waals surface area contributed by atoms with Gasteiger partial charge in [-0.3, -0.25) is 10.1 Å². The summed E-state index contributed by atoms with van der Waals surface area (Å²) in [5.74, 6) is -0.595. The quantitative estimate of drug-likeness (QED) is 0.640. The molecule has 1 aliphatic rings. The van der Waals surface area contributed by atoms with Crippen molar-refractivity contribution in [2.45, 2.75) is 31.8 Å². The van der Waals surface area contributed by atoms with Crippen LogP contribution in [0.3, 0.4) is 0 Å². The zero-order valence-corrected chi connectivity index (χ0v) is 10.1. The Morgan fingerprint density at radius 3 is 3.00 bits per heavy atom. The number of anilines is 1. The van der Waals surface area contributed by atoms with Crippen molar-refractivity contribution in [3.8, 4) is 0 Å². The number of nitro benzene ring substituents is 1. The molecule has 1 aliphatic heterocycles. The van der Waals surface area contributed by atoms with E-state index >= 15 is 0 Å². The van der Waals surface area contributed by atoms with E-state index < -0.39 is 10.7 Å². The Bertz CT molecular complexity index is 453. The lowest BCUT2D eigenvalue weighted by atomic mass is 9.99. The van der Waals surface area contributed by atoms with Crippen LogP contribution in [-0.4, -0.2) is 23.6 Å². The van der Waals surface area contributed by atoms with E-state index in [-0.39, 0.29) is 17.8 Å². The van der Waals surface area contributed by atoms with E-state index in [0.29, 0.717) is 5.69 Å². The molecule has 0 amide bonds. The third-order valence-electron chi connectivity index (χ3n) is 3.26. The van der Waals surface area contributed by atoms with E-state index in [4.69, 9.17) is 0 Å². The Kier molecular flexibility index (Phi) is 3.76. The Morgan fingerprint density at radius 2 is 2.33 bits per heavy atom. The summed E-state index contributed by atoms with van der Waals surface area (Å²) in [4.78, 5) is 10.3. The van der Waals surface area contributed by atoms with E-state index in [1.54, 1.807) is 0 Å². The average Bonchev–Trinajstić information content (AvgIpc) is 2.34. The highest BCUT2D eigenvalue weighted by Crippen LogP contribution is 2.27. The van der Waals surface area contributed by atoms with E-state index in [0.717, 1.165) is 25.5 Å². The molecule has 0 bridgehead atoms. The third-order valence-corrected chi connectivity index (χ3v) is 3.26. The summed E-state index contributed by atoms with van der Waals surface area (Å²) in [6.07, 6.45) is 1.97. The van der Waals surface area contributed by atoms with Crippen molar-refractivity contribution in [2.24, 2.45) is 0 Å². The molecule has 2 rings (SSSR count). The molecular formula is C12H16FN3O2. The highest BCUT2D eigenvalue weighted by Gasteiger charge is 2.23. The fraction of sp³-hybridized carbons (Fsp3) is 0.500. The third kappa shape index (κ3) is 2.76. The topological polar surface area (TPSA) is 67.2 Å². The molecule has 1 saturated heterocycles. The fourth-order valence-electron chi connectivity index (χ4n) is 2.22. The van der Waals surface area contributed by atoms with E-state index in [2.05, 4.69) is 10.6 Å². The van der Waals surface area contributed by atoms with Crippen LogP contribution in [0.5, 0.6) is 0 Å². The number of piperidine rings is 1. The monoisotopic (exact) mass is 253 g/mol. The second-order valence-electron chi connectivity index (χ2n) is 4.55. The normalized spacial score (nSPS) is 23.7. The van der Waals surface area contributed by atoms with Gasteiger partial charge in [-0.1, -0.05) is 0 Å². The van der Waals surface area contributed by atoms with Gasteiger partial charge in [-0.25, -0.2) is 4.39 Å². The van der Waals surface area contributed by atoms with Gasteiger partial charge in [0.1, 0.15) is 11.5 Å². The Hall–Kier alpha value is -1.69. The van der Waals surface area contributed by atoms with Gasteiger partial charge in [-0.2, -0.15) is 0 Å². The average molecular weight is 253 g/mol. The summed E-state index contributed by atoms with van der Waals surface area (Å²) in [6.45, 7) is 3.00. The molecule has 5 nitrogen and oxygen atoms in total. The molecule has 0 spiro atoms. The van der Waals surface area contributed by atoms with Crippen LogP contribution in [0.15, 0.2) is 18.2 Å². The van der Waals surface area contributed by atoms with Crippen LogP contribution in [0.1, 0.15) is 19.8 Å². The highest BCUT2D eigenvalue weighted by molar-refractivity contribution is 5.62. The molecule has 98 valence electrons. The minimum Gasteiger partial charge on any atom is -0.375 e. The summed E-state index contributed by atoms with van der Waals surface area (Å²) < 4.78 is 13.0. The lowest BCUT2D eigenvalue weighted by Crippen LogP contribution is -2.46. The van der Waals surface area contributed by atoms with Gasteiger partial charge in [0, 0.05) is 12.1 Å². The van der Waals surface area contributed by atoms with Crippen LogP contribution < -0.4 is 10.6 Å². The molecule has 2 N–H and O–H groups in total. The molecule has 0 radical (unpaired) electrons. The van der Waals surface area contributed by atoms with Gasteiger partial charge >= 0.3 is 0 Å². The van der Waals surface area contributed by atoms with E-state index in [1.807, 2.05) is 6.92 Å². The molecule has 18 heavy (non-hydrogen) atoms. The van der Waals surface area contributed by atoms with Crippen LogP contribution in [0.2, 0.25) is 0 Å². The maximum absolute atomic E-state index is 13.0. The minimum absolute atomic E-state index is 0.128. The Morgan fingerprint density at radius 1 is 1.56 bits per heavy atom. The zero-order chi connectivity index (χ0) is 13.1. The molecule has 1 aromatic carbocycles. The molecule has 0 aliphatic carbocycles. The van der Waals surface area contributed by atoms with Crippen molar-refractivity contribution in [3.63, 3.8) is 0 Å². The van der Waals surface area contributed by atoms with Crippen molar-refractivity contribution < 1.29 is 9.31 Å². The second kappa shape index (κ2) is 5.30. The number of hydrogen-bond acceptors (Lipinski definition) is 4. The summed E-state index contributed by atoms with van der Waals surface area (Å²) in [5, 5.41) is 17.3. The predicted molar refractivity (Wildman–Crippen MR) is 67.2 cm³/mol. The Balaban J connectivity index is 2.20. The summed E-state index contributed by atoms with van der Waals surface area (Å²) in [7, 11) is 0. The van der Waals surface area contributed by atoms with Crippen molar-refractivity contribution in [2.75, 3.05) is 11.9 Å². The molecule has 2 atom stereocenters. The van der Waals surface area contributed by atoms with Gasteiger partial charge in [0.05, 0.1) is 11.0 Å². The van der Waals surface area contributed by atoms with Gasteiger partial charge in [0.15, 0.2) is 0 Å². The maximum Gasteiger partial charge on any atom is 0.295 e. The first kappa shape index (κ1) is 12.8. The lowest BCUT2D eigenvalue weighted by Gasteiger charge is -2.31. The molecule has 1 aromatic rings. The fourth-order valence-corrected chi connectivity index (χ4v) is 2.22. The molecular weight excluding hydrogens is 237 g/mol. The van der Waals surface area contributed by atoms with Gasteiger partial charge in [-0.15, -0.1) is 0 Å². The largest absolute Gasteiger partial charge is 0.375 e. The second-order valence-corrected chi connectivity index (χ2v) is 4.55. The van der Waals surface area contributed by atoms with Crippen LogP contribution in [-0.2, 0) is 0 Å². The summed E-state index contributed by atoms with van der Waals surface area (Å²) >= 11 is 0. The van der Waals surface area contributed by atoms with E-state index in [1.165, 1.54) is 12.1 Å². The summed E-state index contributed by atoms with van der Waals surface area (Å²) in [6, 6.07) is 3.97. The van der Waals surface area contributed by atoms with Gasteiger partial charge < -0.3 is 10.6 Å². The van der Waals surface area contributed by atoms with Crippen LogP contribution in [0, 0.1) is 15.9 Å². The molecule has 2 unspecified atom stereocenters. The van der Waals surface area contributed by atoms with Crippen molar-refractivity contribution in [3.05, 3.63) is 34.1 Å². The first-order valence-electron chi connectivity index (χ1n) is 6.02. The molecule has 0 aromatic heterocycles. The first-order chi connectivity index (χ1) is 8.58. The van der Waals surface area contributed by atoms with Crippen molar-refractivity contribution in [1.29, 1.82) is 0 Å². The van der Waals surface area contributed by atoms with Crippen LogP contribution in [0.4, 0.5) is 15.8 Å². The number of halogens is 1. The smallest absolute Gasteiger partial charge is 0.295 e. The van der Waals surface area contributed by atoms with Gasteiger partial charge in [0.25, 0.3) is 5.69 Å². The van der Waals surface area contributed by atoms with Crippen LogP contribution >= 0.6 is 0 Å². The maximum atomic E-state index is 13.0. The number of hydrogen-bond donors (Lipinski definition) is 2. The molecule has 6 heteroatoms. The van der Waals surface area contributed by atoms with Crippen molar-refractivity contribution >= 4 is 11.4 Å². The SMILES string of the molecule is CC1NCCCC1Nc1ccc(F)cc1[N+](=O)[O-]. The standard InChI is InChI=1S/C12H16FN3O2/c1-8-10(3-2-6-14-8)15-11-5-4-9(13)7-12(11)16(17)18/h4-5,7-8,10,14-15H,2-3,6H2,1H3. The zero-order valence-electron chi connectivity index (χ0n) is 10.1. The number of nitro groups is 1. The summed E-state index contributed by atoms with van der Waals surface area (Å²) in [5.41, 5.74) is 0.162. The van der Waals surface area contributed by atoms with Crippen molar-refractivity contribution in [1.82, 2.24) is 5.32 Å². The lowest BCUT2D eigenvalue weighted by molar-refractivity contribution is -0.384. The Labute approximate surface area is 105 Å². The molecule has 0 saturated carbocycles. The number of nitrogens with one attached hydrogen (secondary N) is 2. The number of rotatable bonds is 3.